The van der Waals surface area contributed by atoms with Crippen LogP contribution in [0.5, 0.6) is 0 Å². The lowest BCUT2D eigenvalue weighted by Gasteiger charge is -2.14. The Labute approximate surface area is 191 Å². The van der Waals surface area contributed by atoms with Crippen LogP contribution in [0.2, 0.25) is 0 Å². The summed E-state index contributed by atoms with van der Waals surface area (Å²) in [7, 11) is 1.63. The molecule has 7 nitrogen and oxygen atoms in total. The van der Waals surface area contributed by atoms with E-state index in [1.54, 1.807) is 19.2 Å². The number of hydrogen-bond donors (Lipinski definition) is 2. The third-order valence-electron chi connectivity index (χ3n) is 5.56. The van der Waals surface area contributed by atoms with Crippen LogP contribution in [-0.2, 0) is 4.74 Å². The summed E-state index contributed by atoms with van der Waals surface area (Å²) in [6.45, 7) is 0.577. The number of carbonyl (C=O) groups is 1. The van der Waals surface area contributed by atoms with E-state index in [2.05, 4.69) is 46.7 Å². The zero-order valence-corrected chi connectivity index (χ0v) is 18.1. The van der Waals surface area contributed by atoms with Gasteiger partial charge in [0.2, 0.25) is 0 Å². The number of nitrogens with zero attached hydrogens (tertiary/aromatic N) is 1. The van der Waals surface area contributed by atoms with Crippen molar-refractivity contribution in [1.29, 1.82) is 0 Å². The summed E-state index contributed by atoms with van der Waals surface area (Å²) in [6, 6.07) is 21.1. The van der Waals surface area contributed by atoms with Crippen molar-refractivity contribution in [2.45, 2.75) is 12.3 Å². The molecule has 0 aliphatic heterocycles. The van der Waals surface area contributed by atoms with Crippen molar-refractivity contribution < 1.29 is 14.5 Å². The molecule has 0 atom stereocenters. The molecule has 0 bridgehead atoms. The molecule has 0 saturated heterocycles. The predicted molar refractivity (Wildman–Crippen MR) is 127 cm³/mol. The van der Waals surface area contributed by atoms with E-state index in [1.165, 1.54) is 17.2 Å². The molecule has 3 aromatic rings. The number of nitro groups is 1. The number of carbonyl (C=O) groups excluding carboxylic acids is 1. The van der Waals surface area contributed by atoms with Crippen LogP contribution >= 0.6 is 0 Å². The number of nitrogens with one attached hydrogen (secondary N) is 2. The molecule has 4 rings (SSSR count). The molecule has 0 fully saturated rings. The third kappa shape index (κ3) is 4.80. The van der Waals surface area contributed by atoms with Gasteiger partial charge in [0.15, 0.2) is 0 Å². The number of alkyl carbamates (subject to hydrolysis) is 1. The smallest absolute Gasteiger partial charge is 0.407 e. The number of nitro benzene ring substituents is 1. The number of amides is 1. The highest BCUT2D eigenvalue weighted by Gasteiger charge is 2.28. The molecule has 0 radical (unpaired) electrons. The summed E-state index contributed by atoms with van der Waals surface area (Å²) in [5, 5.41) is 16.6. The van der Waals surface area contributed by atoms with Crippen molar-refractivity contribution >= 4 is 17.5 Å². The second-order valence-electron chi connectivity index (χ2n) is 7.54. The lowest BCUT2D eigenvalue weighted by Crippen LogP contribution is -2.26. The first kappa shape index (κ1) is 21.9. The zero-order chi connectivity index (χ0) is 23.2. The van der Waals surface area contributed by atoms with E-state index in [4.69, 9.17) is 4.74 Å². The van der Waals surface area contributed by atoms with Crippen LogP contribution in [0.25, 0.3) is 11.1 Å². The molecule has 0 spiro atoms. The molecule has 0 saturated carbocycles. The summed E-state index contributed by atoms with van der Waals surface area (Å²) in [5.41, 5.74) is 5.64. The van der Waals surface area contributed by atoms with Gasteiger partial charge in [0.25, 0.3) is 5.69 Å². The fraction of sp³-hybridized carbons (Fsp3) is 0.192. The largest absolute Gasteiger partial charge is 0.449 e. The van der Waals surface area contributed by atoms with Crippen molar-refractivity contribution in [3.8, 4) is 23.0 Å². The van der Waals surface area contributed by atoms with E-state index in [0.717, 1.165) is 11.1 Å². The molecule has 7 heteroatoms. The van der Waals surface area contributed by atoms with Gasteiger partial charge in [-0.2, -0.15) is 0 Å². The zero-order valence-electron chi connectivity index (χ0n) is 18.1. The first-order valence-corrected chi connectivity index (χ1v) is 10.6. The quantitative estimate of drug-likeness (QED) is 0.245. The van der Waals surface area contributed by atoms with Crippen LogP contribution in [0.15, 0.2) is 66.7 Å². The average Bonchev–Trinajstić information content (AvgIpc) is 3.16. The van der Waals surface area contributed by atoms with Gasteiger partial charge in [-0.25, -0.2) is 4.79 Å². The van der Waals surface area contributed by atoms with Crippen molar-refractivity contribution in [2.75, 3.05) is 25.5 Å². The molecule has 166 valence electrons. The number of benzene rings is 3. The van der Waals surface area contributed by atoms with Crippen LogP contribution in [0.1, 0.15) is 29.0 Å². The fourth-order valence-electron chi connectivity index (χ4n) is 4.01. The number of ether oxygens (including phenoxy) is 1. The third-order valence-corrected chi connectivity index (χ3v) is 5.56. The first-order valence-electron chi connectivity index (χ1n) is 10.6. The minimum atomic E-state index is -0.493. The van der Waals surface area contributed by atoms with E-state index in [-0.39, 0.29) is 18.2 Å². The van der Waals surface area contributed by atoms with Crippen LogP contribution < -0.4 is 10.6 Å². The minimum Gasteiger partial charge on any atom is -0.449 e. The maximum atomic E-state index is 12.2. The van der Waals surface area contributed by atoms with Crippen LogP contribution in [0, 0.1) is 22.0 Å². The van der Waals surface area contributed by atoms with E-state index in [0.29, 0.717) is 24.2 Å². The lowest BCUT2D eigenvalue weighted by molar-refractivity contribution is -0.384. The molecule has 0 unspecified atom stereocenters. The van der Waals surface area contributed by atoms with Crippen LogP contribution in [-0.4, -0.2) is 31.2 Å². The highest BCUT2D eigenvalue weighted by molar-refractivity contribution is 5.79. The van der Waals surface area contributed by atoms with E-state index < -0.39 is 11.0 Å². The number of hydrogen-bond acceptors (Lipinski definition) is 5. The number of anilines is 1. The molecule has 3 aromatic carbocycles. The Balaban J connectivity index is 1.29. The highest BCUT2D eigenvalue weighted by Crippen LogP contribution is 2.44. The molecule has 0 heterocycles. The van der Waals surface area contributed by atoms with E-state index in [9.17, 15) is 14.9 Å². The normalized spacial score (nSPS) is 11.5. The molecule has 2 N–H and O–H groups in total. The van der Waals surface area contributed by atoms with Crippen molar-refractivity contribution in [1.82, 2.24) is 5.32 Å². The average molecular weight is 441 g/mol. The van der Waals surface area contributed by atoms with Gasteiger partial charge in [-0.05, 0) is 34.4 Å². The Bertz CT molecular complexity index is 1210. The minimum absolute atomic E-state index is 0.0133. The van der Waals surface area contributed by atoms with Gasteiger partial charge >= 0.3 is 6.09 Å². The van der Waals surface area contributed by atoms with Crippen molar-refractivity contribution in [2.24, 2.45) is 0 Å². The molecular weight excluding hydrogens is 418 g/mol. The topological polar surface area (TPSA) is 93.5 Å². The Morgan fingerprint density at radius 3 is 2.36 bits per heavy atom. The molecule has 1 amide bonds. The maximum Gasteiger partial charge on any atom is 0.407 e. The summed E-state index contributed by atoms with van der Waals surface area (Å²) < 4.78 is 5.49. The van der Waals surface area contributed by atoms with Gasteiger partial charge in [-0.3, -0.25) is 10.1 Å². The van der Waals surface area contributed by atoms with Gasteiger partial charge in [0.05, 0.1) is 4.92 Å². The summed E-state index contributed by atoms with van der Waals surface area (Å²) >= 11 is 0. The summed E-state index contributed by atoms with van der Waals surface area (Å²) in [4.78, 5) is 22.9. The standard InChI is InChI=1S/C26H23N3O4/c1-27-24-14-13-18(16-25(24)29(31)32)8-6-7-15-28-26(30)33-17-23-21-11-4-2-9-19(21)20-10-3-5-12-22(20)23/h2-5,9-14,16,23,27H,7,15,17H2,1H3,(H,28,30). The van der Waals surface area contributed by atoms with Crippen molar-refractivity contribution in [3.63, 3.8) is 0 Å². The van der Waals surface area contributed by atoms with Crippen molar-refractivity contribution in [3.05, 3.63) is 93.5 Å². The summed E-state index contributed by atoms with van der Waals surface area (Å²) in [5.74, 6) is 5.82. The van der Waals surface area contributed by atoms with Gasteiger partial charge in [-0.15, -0.1) is 0 Å². The number of rotatable bonds is 6. The van der Waals surface area contributed by atoms with Gasteiger partial charge in [0.1, 0.15) is 12.3 Å². The first-order chi connectivity index (χ1) is 16.1. The second kappa shape index (κ2) is 9.88. The SMILES string of the molecule is CNc1ccc(C#CCCNC(=O)OCC2c3ccccc3-c3ccccc32)cc1[N+](=O)[O-]. The van der Waals surface area contributed by atoms with E-state index >= 15 is 0 Å². The molecule has 0 aromatic heterocycles. The lowest BCUT2D eigenvalue weighted by atomic mass is 9.98. The maximum absolute atomic E-state index is 12.2. The second-order valence-corrected chi connectivity index (χ2v) is 7.54. The van der Waals surface area contributed by atoms with Gasteiger partial charge in [-0.1, -0.05) is 60.4 Å². The summed E-state index contributed by atoms with van der Waals surface area (Å²) in [6.07, 6.45) is -0.0983. The van der Waals surface area contributed by atoms with Gasteiger partial charge < -0.3 is 15.4 Å². The van der Waals surface area contributed by atoms with Gasteiger partial charge in [0, 0.05) is 37.6 Å². The Hall–Kier alpha value is -4.31. The Morgan fingerprint density at radius 2 is 1.73 bits per heavy atom. The number of fused-ring (bicyclic) bond motifs is 3. The van der Waals surface area contributed by atoms with Crippen LogP contribution in [0.3, 0.4) is 0 Å². The fourth-order valence-corrected chi connectivity index (χ4v) is 4.01. The Morgan fingerprint density at radius 1 is 1.06 bits per heavy atom. The monoisotopic (exact) mass is 441 g/mol. The molecular formula is C26H23N3O4. The van der Waals surface area contributed by atoms with E-state index in [1.807, 2.05) is 24.3 Å². The Kier molecular flexibility index (Phi) is 6.56. The predicted octanol–water partition coefficient (Wildman–Crippen LogP) is 4.92. The van der Waals surface area contributed by atoms with Crippen LogP contribution in [0.4, 0.5) is 16.2 Å². The molecule has 1 aliphatic rings. The highest BCUT2D eigenvalue weighted by atomic mass is 16.6. The molecule has 1 aliphatic carbocycles. The molecule has 33 heavy (non-hydrogen) atoms.